The second-order valence-corrected chi connectivity index (χ2v) is 6.95. The quantitative estimate of drug-likeness (QED) is 0.785. The first-order chi connectivity index (χ1) is 12.7. The van der Waals surface area contributed by atoms with Gasteiger partial charge in [-0.1, -0.05) is 12.1 Å². The Morgan fingerprint density at radius 3 is 3.08 bits per heavy atom. The minimum Gasteiger partial charge on any atom is -0.493 e. The van der Waals surface area contributed by atoms with E-state index >= 15 is 0 Å². The van der Waals surface area contributed by atoms with Gasteiger partial charge >= 0.3 is 5.69 Å². The first-order valence-corrected chi connectivity index (χ1v) is 9.38. The predicted octanol–water partition coefficient (Wildman–Crippen LogP) is 1.06. The van der Waals surface area contributed by atoms with Crippen LogP contribution in [0.3, 0.4) is 0 Å². The maximum atomic E-state index is 12.2. The molecule has 0 radical (unpaired) electrons. The van der Waals surface area contributed by atoms with Crippen molar-refractivity contribution in [1.82, 2.24) is 19.7 Å². The lowest BCUT2D eigenvalue weighted by molar-refractivity contribution is -0.120. The molecule has 26 heavy (non-hydrogen) atoms. The van der Waals surface area contributed by atoms with Crippen molar-refractivity contribution in [2.75, 3.05) is 13.2 Å². The SMILES string of the molecule is O=C(Cc1ccc2c(c1)CCO2)NCCCn1nc2n(c1=O)CCCC2. The molecule has 0 saturated heterocycles. The van der Waals surface area contributed by atoms with E-state index in [4.69, 9.17) is 4.74 Å². The van der Waals surface area contributed by atoms with E-state index in [1.807, 2.05) is 12.1 Å². The van der Waals surface area contributed by atoms with Crippen LogP contribution in [0.2, 0.25) is 0 Å². The van der Waals surface area contributed by atoms with Gasteiger partial charge in [-0.25, -0.2) is 9.48 Å². The highest BCUT2D eigenvalue weighted by Gasteiger charge is 2.16. The summed E-state index contributed by atoms with van der Waals surface area (Å²) in [6.07, 6.45) is 5.00. The Bertz CT molecular complexity index is 868. The van der Waals surface area contributed by atoms with E-state index in [1.165, 1.54) is 10.2 Å². The van der Waals surface area contributed by atoms with Crippen LogP contribution in [0.5, 0.6) is 5.75 Å². The van der Waals surface area contributed by atoms with Gasteiger partial charge in [0.25, 0.3) is 0 Å². The number of carbonyl (C=O) groups excluding carboxylic acids is 1. The molecule has 1 aromatic carbocycles. The fourth-order valence-electron chi connectivity index (χ4n) is 3.65. The van der Waals surface area contributed by atoms with E-state index in [0.29, 0.717) is 25.9 Å². The van der Waals surface area contributed by atoms with Gasteiger partial charge in [-0.15, -0.1) is 0 Å². The second-order valence-electron chi connectivity index (χ2n) is 6.95. The zero-order valence-corrected chi connectivity index (χ0v) is 14.9. The third-order valence-electron chi connectivity index (χ3n) is 5.02. The molecule has 2 aliphatic heterocycles. The van der Waals surface area contributed by atoms with Crippen molar-refractivity contribution in [3.05, 3.63) is 45.6 Å². The summed E-state index contributed by atoms with van der Waals surface area (Å²) in [4.78, 5) is 24.4. The molecule has 0 atom stereocenters. The summed E-state index contributed by atoms with van der Waals surface area (Å²) >= 11 is 0. The number of hydrogen-bond donors (Lipinski definition) is 1. The summed E-state index contributed by atoms with van der Waals surface area (Å²) in [7, 11) is 0. The molecular weight excluding hydrogens is 332 g/mol. The lowest BCUT2D eigenvalue weighted by atomic mass is 10.1. The van der Waals surface area contributed by atoms with Crippen molar-refractivity contribution in [1.29, 1.82) is 0 Å². The Hall–Kier alpha value is -2.57. The van der Waals surface area contributed by atoms with E-state index < -0.39 is 0 Å². The van der Waals surface area contributed by atoms with Crippen molar-refractivity contribution in [3.8, 4) is 5.75 Å². The predicted molar refractivity (Wildman–Crippen MR) is 96.4 cm³/mol. The van der Waals surface area contributed by atoms with Crippen LogP contribution in [0, 0.1) is 0 Å². The van der Waals surface area contributed by atoms with E-state index in [9.17, 15) is 9.59 Å². The molecule has 0 fully saturated rings. The van der Waals surface area contributed by atoms with Crippen molar-refractivity contribution < 1.29 is 9.53 Å². The van der Waals surface area contributed by atoms with Gasteiger partial charge in [0, 0.05) is 32.5 Å². The largest absolute Gasteiger partial charge is 0.493 e. The average molecular weight is 356 g/mol. The monoisotopic (exact) mass is 356 g/mol. The molecule has 7 nitrogen and oxygen atoms in total. The van der Waals surface area contributed by atoms with Crippen LogP contribution in [-0.2, 0) is 37.1 Å². The third-order valence-corrected chi connectivity index (χ3v) is 5.02. The minimum atomic E-state index is -0.0219. The normalized spacial score (nSPS) is 15.2. The van der Waals surface area contributed by atoms with Crippen LogP contribution in [0.15, 0.2) is 23.0 Å². The number of fused-ring (bicyclic) bond motifs is 2. The van der Waals surface area contributed by atoms with E-state index in [0.717, 1.165) is 56.0 Å². The Morgan fingerprint density at radius 2 is 2.19 bits per heavy atom. The summed E-state index contributed by atoms with van der Waals surface area (Å²) in [5.74, 6) is 1.83. The van der Waals surface area contributed by atoms with Gasteiger partial charge in [-0.2, -0.15) is 5.10 Å². The summed E-state index contributed by atoms with van der Waals surface area (Å²) in [6, 6.07) is 5.94. The minimum absolute atomic E-state index is 0.000321. The van der Waals surface area contributed by atoms with Gasteiger partial charge < -0.3 is 10.1 Å². The first kappa shape index (κ1) is 16.9. The first-order valence-electron chi connectivity index (χ1n) is 9.38. The van der Waals surface area contributed by atoms with Crippen molar-refractivity contribution in [3.63, 3.8) is 0 Å². The van der Waals surface area contributed by atoms with Gasteiger partial charge in [0.1, 0.15) is 11.6 Å². The molecule has 138 valence electrons. The number of nitrogens with zero attached hydrogens (tertiary/aromatic N) is 3. The molecule has 0 aliphatic carbocycles. The van der Waals surface area contributed by atoms with E-state index in [1.54, 1.807) is 4.57 Å². The van der Waals surface area contributed by atoms with Gasteiger partial charge in [-0.3, -0.25) is 9.36 Å². The molecule has 7 heteroatoms. The summed E-state index contributed by atoms with van der Waals surface area (Å²) in [5, 5.41) is 7.34. The number of amides is 1. The van der Waals surface area contributed by atoms with Gasteiger partial charge in [-0.05, 0) is 36.5 Å². The number of aryl methyl sites for hydroxylation is 2. The number of aromatic nitrogens is 3. The number of nitrogens with one attached hydrogen (secondary N) is 1. The van der Waals surface area contributed by atoms with Crippen molar-refractivity contribution in [2.24, 2.45) is 0 Å². The van der Waals surface area contributed by atoms with Crippen LogP contribution < -0.4 is 15.7 Å². The fourth-order valence-corrected chi connectivity index (χ4v) is 3.65. The molecule has 4 rings (SSSR count). The van der Waals surface area contributed by atoms with Crippen LogP contribution in [0.1, 0.15) is 36.2 Å². The number of hydrogen-bond acceptors (Lipinski definition) is 4. The maximum absolute atomic E-state index is 12.2. The molecular formula is C19H24N4O3. The smallest absolute Gasteiger partial charge is 0.345 e. The summed E-state index contributed by atoms with van der Waals surface area (Å²) < 4.78 is 8.80. The highest BCUT2D eigenvalue weighted by molar-refractivity contribution is 5.78. The van der Waals surface area contributed by atoms with Crippen molar-refractivity contribution >= 4 is 5.91 Å². The van der Waals surface area contributed by atoms with E-state index in [-0.39, 0.29) is 11.6 Å². The van der Waals surface area contributed by atoms with Crippen LogP contribution in [-0.4, -0.2) is 33.4 Å². The number of ether oxygens (including phenoxy) is 1. The highest BCUT2D eigenvalue weighted by Crippen LogP contribution is 2.25. The molecule has 2 aliphatic rings. The van der Waals surface area contributed by atoms with Crippen molar-refractivity contribution in [2.45, 2.75) is 51.6 Å². The van der Waals surface area contributed by atoms with E-state index in [2.05, 4.69) is 16.5 Å². The number of carbonyl (C=O) groups is 1. The summed E-state index contributed by atoms with van der Waals surface area (Å²) in [6.45, 7) is 2.58. The molecule has 1 amide bonds. The Kier molecular flexibility index (Phi) is 4.77. The topological polar surface area (TPSA) is 78.2 Å². The van der Waals surface area contributed by atoms with Crippen LogP contribution in [0.4, 0.5) is 0 Å². The highest BCUT2D eigenvalue weighted by atomic mass is 16.5. The Balaban J connectivity index is 1.24. The molecule has 2 aromatic rings. The zero-order valence-electron chi connectivity index (χ0n) is 14.9. The number of benzene rings is 1. The van der Waals surface area contributed by atoms with Gasteiger partial charge in [0.2, 0.25) is 5.91 Å². The summed E-state index contributed by atoms with van der Waals surface area (Å²) in [5.41, 5.74) is 2.16. The number of rotatable bonds is 6. The molecule has 1 N–H and O–H groups in total. The molecule has 0 saturated carbocycles. The molecule has 0 bridgehead atoms. The Labute approximate surface area is 152 Å². The molecule has 1 aromatic heterocycles. The standard InChI is InChI=1S/C19H24N4O3/c24-18(13-14-5-6-16-15(12-14)7-11-26-16)20-8-3-10-23-19(25)22-9-2-1-4-17(22)21-23/h5-6,12H,1-4,7-11,13H2,(H,20,24). The lowest BCUT2D eigenvalue weighted by Crippen LogP contribution is -2.30. The molecule has 3 heterocycles. The second kappa shape index (κ2) is 7.35. The van der Waals surface area contributed by atoms with Gasteiger partial charge in [0.15, 0.2) is 0 Å². The average Bonchev–Trinajstić information content (AvgIpc) is 3.23. The van der Waals surface area contributed by atoms with Gasteiger partial charge in [0.05, 0.1) is 13.0 Å². The lowest BCUT2D eigenvalue weighted by Gasteiger charge is -2.09. The third kappa shape index (κ3) is 3.52. The van der Waals surface area contributed by atoms with Crippen LogP contribution in [0.25, 0.3) is 0 Å². The fraction of sp³-hybridized carbons (Fsp3) is 0.526. The maximum Gasteiger partial charge on any atom is 0.345 e. The zero-order chi connectivity index (χ0) is 17.9. The Morgan fingerprint density at radius 1 is 1.27 bits per heavy atom. The van der Waals surface area contributed by atoms with Crippen LogP contribution >= 0.6 is 0 Å². The molecule has 0 unspecified atom stereocenters. The molecule has 0 spiro atoms.